The van der Waals surface area contributed by atoms with Crippen molar-refractivity contribution in [2.45, 2.75) is 44.1 Å². The van der Waals surface area contributed by atoms with Crippen molar-refractivity contribution < 1.29 is 9.53 Å². The van der Waals surface area contributed by atoms with Gasteiger partial charge in [-0.1, -0.05) is 17.7 Å². The van der Waals surface area contributed by atoms with E-state index in [0.717, 1.165) is 55.6 Å². The molecule has 0 atom stereocenters. The number of amides is 2. The monoisotopic (exact) mass is 391 g/mol. The molecule has 1 saturated carbocycles. The molecule has 2 aliphatic heterocycles. The molecule has 152 valence electrons. The van der Waals surface area contributed by atoms with E-state index in [1.807, 2.05) is 29.2 Å². The number of rotatable bonds is 3. The molecule has 1 aliphatic carbocycles. The van der Waals surface area contributed by atoms with Gasteiger partial charge in [0.15, 0.2) is 0 Å². The van der Waals surface area contributed by atoms with Crippen molar-refractivity contribution in [1.82, 2.24) is 4.90 Å². The van der Waals surface area contributed by atoms with E-state index in [-0.39, 0.29) is 11.4 Å². The van der Waals surface area contributed by atoms with Gasteiger partial charge < -0.3 is 15.0 Å². The van der Waals surface area contributed by atoms with Gasteiger partial charge >= 0.3 is 6.03 Å². The SMILES string of the molecule is COc1ccc(NC(=O)N2CC3(CCN(C4CC4)CC3)c3cc(C)ccc32)cc1. The number of piperidine rings is 1. The Hall–Kier alpha value is -2.53. The minimum atomic E-state index is -0.0539. The number of nitrogens with one attached hydrogen (secondary N) is 1. The predicted molar refractivity (Wildman–Crippen MR) is 116 cm³/mol. The first-order chi connectivity index (χ1) is 14.1. The smallest absolute Gasteiger partial charge is 0.326 e. The van der Waals surface area contributed by atoms with E-state index in [9.17, 15) is 4.79 Å². The summed E-state index contributed by atoms with van der Waals surface area (Å²) >= 11 is 0. The summed E-state index contributed by atoms with van der Waals surface area (Å²) in [6.45, 7) is 5.21. The number of urea groups is 1. The maximum atomic E-state index is 13.2. The van der Waals surface area contributed by atoms with E-state index >= 15 is 0 Å². The molecule has 1 N–H and O–H groups in total. The molecule has 2 fully saturated rings. The molecule has 3 aliphatic rings. The highest BCUT2D eigenvalue weighted by Crippen LogP contribution is 2.48. The number of aryl methyl sites for hydroxylation is 1. The lowest BCUT2D eigenvalue weighted by Crippen LogP contribution is -2.47. The molecule has 2 amide bonds. The van der Waals surface area contributed by atoms with E-state index in [2.05, 4.69) is 35.3 Å². The molecule has 2 aromatic carbocycles. The number of methoxy groups -OCH3 is 1. The fraction of sp³-hybridized carbons (Fsp3) is 0.458. The van der Waals surface area contributed by atoms with Crippen molar-refractivity contribution in [3.8, 4) is 5.75 Å². The molecule has 5 rings (SSSR count). The van der Waals surface area contributed by atoms with Gasteiger partial charge in [0.1, 0.15) is 5.75 Å². The molecule has 5 nitrogen and oxygen atoms in total. The van der Waals surface area contributed by atoms with Crippen LogP contribution in [-0.2, 0) is 5.41 Å². The van der Waals surface area contributed by atoms with Crippen LogP contribution >= 0.6 is 0 Å². The number of anilines is 2. The number of benzene rings is 2. The molecular formula is C24H29N3O2. The summed E-state index contributed by atoms with van der Waals surface area (Å²) in [6.07, 6.45) is 4.98. The number of ether oxygens (including phenoxy) is 1. The molecule has 0 aromatic heterocycles. The van der Waals surface area contributed by atoms with Gasteiger partial charge in [-0.15, -0.1) is 0 Å². The van der Waals surface area contributed by atoms with Gasteiger partial charge in [0.25, 0.3) is 0 Å². The Morgan fingerprint density at radius 2 is 1.83 bits per heavy atom. The van der Waals surface area contributed by atoms with Crippen LogP contribution in [0.1, 0.15) is 36.8 Å². The number of likely N-dealkylation sites (tertiary alicyclic amines) is 1. The van der Waals surface area contributed by atoms with Crippen molar-refractivity contribution >= 4 is 17.4 Å². The lowest BCUT2D eigenvalue weighted by atomic mass is 9.74. The van der Waals surface area contributed by atoms with E-state index in [1.165, 1.54) is 24.0 Å². The fourth-order valence-electron chi connectivity index (χ4n) is 5.01. The molecule has 0 radical (unpaired) electrons. The highest BCUT2D eigenvalue weighted by atomic mass is 16.5. The number of carbonyl (C=O) groups excluding carboxylic acids is 1. The molecule has 2 heterocycles. The molecule has 1 spiro atoms. The lowest BCUT2D eigenvalue weighted by Gasteiger charge is -2.40. The van der Waals surface area contributed by atoms with Crippen LogP contribution in [0.2, 0.25) is 0 Å². The van der Waals surface area contributed by atoms with Crippen molar-refractivity contribution in [2.24, 2.45) is 0 Å². The number of nitrogens with zero attached hydrogens (tertiary/aromatic N) is 2. The van der Waals surface area contributed by atoms with E-state index in [0.29, 0.717) is 0 Å². The van der Waals surface area contributed by atoms with Crippen LogP contribution < -0.4 is 15.0 Å². The normalized spacial score (nSPS) is 20.6. The van der Waals surface area contributed by atoms with Crippen LogP contribution in [0, 0.1) is 6.92 Å². The van der Waals surface area contributed by atoms with Crippen LogP contribution in [0.5, 0.6) is 5.75 Å². The van der Waals surface area contributed by atoms with Crippen LogP contribution in [0.15, 0.2) is 42.5 Å². The molecule has 0 unspecified atom stereocenters. The van der Waals surface area contributed by atoms with E-state index < -0.39 is 0 Å². The molecule has 1 saturated heterocycles. The number of carbonyl (C=O) groups is 1. The minimum absolute atomic E-state index is 0.0539. The van der Waals surface area contributed by atoms with Gasteiger partial charge in [0.2, 0.25) is 0 Å². The zero-order valence-electron chi connectivity index (χ0n) is 17.3. The van der Waals surface area contributed by atoms with Gasteiger partial charge in [-0.25, -0.2) is 4.79 Å². The summed E-state index contributed by atoms with van der Waals surface area (Å²) in [5, 5.41) is 3.07. The second-order valence-corrected chi connectivity index (χ2v) is 8.81. The Morgan fingerprint density at radius 3 is 2.48 bits per heavy atom. The number of hydrogen-bond acceptors (Lipinski definition) is 3. The Morgan fingerprint density at radius 1 is 1.10 bits per heavy atom. The van der Waals surface area contributed by atoms with Crippen LogP contribution in [0.4, 0.5) is 16.2 Å². The Bertz CT molecular complexity index is 912. The van der Waals surface area contributed by atoms with Gasteiger partial charge in [0, 0.05) is 29.4 Å². The summed E-state index contributed by atoms with van der Waals surface area (Å²) in [4.78, 5) is 17.8. The van der Waals surface area contributed by atoms with Crippen molar-refractivity contribution in [2.75, 3.05) is 37.0 Å². The van der Waals surface area contributed by atoms with Gasteiger partial charge in [-0.3, -0.25) is 4.90 Å². The zero-order valence-corrected chi connectivity index (χ0v) is 17.3. The quantitative estimate of drug-likeness (QED) is 0.835. The predicted octanol–water partition coefficient (Wildman–Crippen LogP) is 4.55. The first-order valence-corrected chi connectivity index (χ1v) is 10.7. The zero-order chi connectivity index (χ0) is 20.0. The maximum Gasteiger partial charge on any atom is 0.326 e. The Balaban J connectivity index is 1.38. The Labute approximate surface area is 172 Å². The topological polar surface area (TPSA) is 44.8 Å². The molecule has 0 bridgehead atoms. The van der Waals surface area contributed by atoms with Crippen molar-refractivity contribution in [1.29, 1.82) is 0 Å². The third kappa shape index (κ3) is 3.38. The van der Waals surface area contributed by atoms with E-state index in [1.54, 1.807) is 7.11 Å². The maximum absolute atomic E-state index is 13.2. The highest BCUT2D eigenvalue weighted by Gasteiger charge is 2.47. The van der Waals surface area contributed by atoms with Crippen LogP contribution in [-0.4, -0.2) is 43.7 Å². The Kier molecular flexibility index (Phi) is 4.50. The third-order valence-electron chi connectivity index (χ3n) is 6.88. The summed E-state index contributed by atoms with van der Waals surface area (Å²) in [7, 11) is 1.64. The summed E-state index contributed by atoms with van der Waals surface area (Å²) in [6, 6.07) is 14.8. The van der Waals surface area contributed by atoms with Crippen molar-refractivity contribution in [3.05, 3.63) is 53.6 Å². The highest BCUT2D eigenvalue weighted by molar-refractivity contribution is 6.03. The average molecular weight is 392 g/mol. The second kappa shape index (κ2) is 7.06. The number of hydrogen-bond donors (Lipinski definition) is 1. The lowest BCUT2D eigenvalue weighted by molar-refractivity contribution is 0.159. The van der Waals surface area contributed by atoms with Gasteiger partial charge in [-0.2, -0.15) is 0 Å². The van der Waals surface area contributed by atoms with Crippen molar-refractivity contribution in [3.63, 3.8) is 0 Å². The fourth-order valence-corrected chi connectivity index (χ4v) is 5.01. The molecule has 2 aromatic rings. The molecule has 29 heavy (non-hydrogen) atoms. The van der Waals surface area contributed by atoms with Gasteiger partial charge in [0.05, 0.1) is 7.11 Å². The van der Waals surface area contributed by atoms with Gasteiger partial charge in [-0.05, 0) is 81.6 Å². The van der Waals surface area contributed by atoms with Crippen LogP contribution in [0.25, 0.3) is 0 Å². The van der Waals surface area contributed by atoms with E-state index in [4.69, 9.17) is 4.74 Å². The molecule has 5 heteroatoms. The summed E-state index contributed by atoms with van der Waals surface area (Å²) < 4.78 is 5.21. The van der Waals surface area contributed by atoms with Crippen LogP contribution in [0.3, 0.4) is 0 Å². The largest absolute Gasteiger partial charge is 0.497 e. The average Bonchev–Trinajstić information content (AvgIpc) is 3.54. The minimum Gasteiger partial charge on any atom is -0.497 e. The standard InChI is InChI=1S/C24H29N3O2/c1-17-3-10-22-21(15-17)24(11-13-26(14-12-24)19-6-7-19)16-27(22)23(28)25-18-4-8-20(29-2)9-5-18/h3-5,8-10,15,19H,6-7,11-14,16H2,1-2H3,(H,25,28). The molecular weight excluding hydrogens is 362 g/mol. The summed E-state index contributed by atoms with van der Waals surface area (Å²) in [5.41, 5.74) is 4.57. The first-order valence-electron chi connectivity index (χ1n) is 10.7. The number of fused-ring (bicyclic) bond motifs is 2. The first kappa shape index (κ1) is 18.5. The second-order valence-electron chi connectivity index (χ2n) is 8.81. The third-order valence-corrected chi connectivity index (χ3v) is 6.88. The summed E-state index contributed by atoms with van der Waals surface area (Å²) in [5.74, 6) is 0.784.